The molecule has 0 heterocycles. The molecule has 2 aromatic carbocycles. The second-order valence-electron chi connectivity index (χ2n) is 4.23. The van der Waals surface area contributed by atoms with Crippen LogP contribution in [0, 0.1) is 11.6 Å². The SMILES string of the molecule is COc1ccc(C(=O)O)cc1COc1cc(F)cc(F)c1. The van der Waals surface area contributed by atoms with E-state index in [4.69, 9.17) is 14.6 Å². The van der Waals surface area contributed by atoms with E-state index in [-0.39, 0.29) is 17.9 Å². The molecular formula is C15H12F2O4. The third-order valence-electron chi connectivity index (χ3n) is 2.76. The van der Waals surface area contributed by atoms with Crippen LogP contribution in [0.3, 0.4) is 0 Å². The Balaban J connectivity index is 2.21. The van der Waals surface area contributed by atoms with E-state index in [2.05, 4.69) is 0 Å². The van der Waals surface area contributed by atoms with E-state index in [1.807, 2.05) is 0 Å². The molecule has 0 aromatic heterocycles. The third-order valence-corrected chi connectivity index (χ3v) is 2.76. The molecule has 110 valence electrons. The third kappa shape index (κ3) is 3.68. The fourth-order valence-electron chi connectivity index (χ4n) is 1.80. The molecule has 6 heteroatoms. The summed E-state index contributed by atoms with van der Waals surface area (Å²) >= 11 is 0. The van der Waals surface area contributed by atoms with Gasteiger partial charge in [0.25, 0.3) is 0 Å². The smallest absolute Gasteiger partial charge is 0.335 e. The van der Waals surface area contributed by atoms with Crippen molar-refractivity contribution in [3.63, 3.8) is 0 Å². The standard InChI is InChI=1S/C15H12F2O4/c1-20-14-3-2-9(15(18)19)4-10(14)8-21-13-6-11(16)5-12(17)7-13/h2-7H,8H2,1H3,(H,18,19). The molecule has 0 unspecified atom stereocenters. The second-order valence-corrected chi connectivity index (χ2v) is 4.23. The van der Waals surface area contributed by atoms with Crippen molar-refractivity contribution in [1.82, 2.24) is 0 Å². The van der Waals surface area contributed by atoms with Gasteiger partial charge >= 0.3 is 5.97 Å². The van der Waals surface area contributed by atoms with Crippen LogP contribution in [-0.4, -0.2) is 18.2 Å². The first-order chi connectivity index (χ1) is 9.99. The summed E-state index contributed by atoms with van der Waals surface area (Å²) in [4.78, 5) is 10.9. The van der Waals surface area contributed by atoms with Gasteiger partial charge in [-0.05, 0) is 18.2 Å². The predicted molar refractivity (Wildman–Crippen MR) is 70.6 cm³/mol. The average Bonchev–Trinajstić information content (AvgIpc) is 2.43. The molecular weight excluding hydrogens is 282 g/mol. The zero-order valence-electron chi connectivity index (χ0n) is 11.1. The highest BCUT2D eigenvalue weighted by Gasteiger charge is 2.10. The molecule has 0 bridgehead atoms. The number of methoxy groups -OCH3 is 1. The molecule has 2 rings (SSSR count). The second kappa shape index (κ2) is 6.21. The number of carboxylic acids is 1. The molecule has 2 aromatic rings. The van der Waals surface area contributed by atoms with Crippen molar-refractivity contribution >= 4 is 5.97 Å². The highest BCUT2D eigenvalue weighted by molar-refractivity contribution is 5.88. The van der Waals surface area contributed by atoms with Gasteiger partial charge in [0.15, 0.2) is 0 Å². The number of aromatic carboxylic acids is 1. The summed E-state index contributed by atoms with van der Waals surface area (Å²) in [6.07, 6.45) is 0. The topological polar surface area (TPSA) is 55.8 Å². The Labute approximate surface area is 119 Å². The van der Waals surface area contributed by atoms with Gasteiger partial charge in [-0.1, -0.05) is 0 Å². The lowest BCUT2D eigenvalue weighted by atomic mass is 10.1. The first-order valence-corrected chi connectivity index (χ1v) is 5.98. The number of benzene rings is 2. The maximum Gasteiger partial charge on any atom is 0.335 e. The summed E-state index contributed by atoms with van der Waals surface area (Å²) in [5.41, 5.74) is 0.530. The van der Waals surface area contributed by atoms with Gasteiger partial charge in [0.1, 0.15) is 29.7 Å². The van der Waals surface area contributed by atoms with Crippen LogP contribution in [0.1, 0.15) is 15.9 Å². The molecule has 0 aliphatic rings. The summed E-state index contributed by atoms with van der Waals surface area (Å²) in [6.45, 7) is -0.0762. The van der Waals surface area contributed by atoms with E-state index in [0.717, 1.165) is 18.2 Å². The average molecular weight is 294 g/mol. The predicted octanol–water partition coefficient (Wildman–Crippen LogP) is 3.25. The number of carboxylic acid groups (broad SMARTS) is 1. The Bertz CT molecular complexity index is 650. The minimum absolute atomic E-state index is 0.00952. The highest BCUT2D eigenvalue weighted by atomic mass is 19.1. The van der Waals surface area contributed by atoms with Crippen LogP contribution in [0.5, 0.6) is 11.5 Å². The Kier molecular flexibility index (Phi) is 4.37. The molecule has 0 spiro atoms. The molecule has 0 aliphatic carbocycles. The van der Waals surface area contributed by atoms with Crippen molar-refractivity contribution in [2.45, 2.75) is 6.61 Å². The van der Waals surface area contributed by atoms with Crippen LogP contribution in [0.4, 0.5) is 8.78 Å². The molecule has 0 amide bonds. The number of rotatable bonds is 5. The molecule has 0 fully saturated rings. The number of ether oxygens (including phenoxy) is 2. The largest absolute Gasteiger partial charge is 0.496 e. The normalized spacial score (nSPS) is 10.2. The number of hydrogen-bond acceptors (Lipinski definition) is 3. The van der Waals surface area contributed by atoms with Gasteiger partial charge in [-0.2, -0.15) is 0 Å². The van der Waals surface area contributed by atoms with Gasteiger partial charge in [0.05, 0.1) is 12.7 Å². The molecule has 4 nitrogen and oxygen atoms in total. The highest BCUT2D eigenvalue weighted by Crippen LogP contribution is 2.23. The van der Waals surface area contributed by atoms with E-state index < -0.39 is 17.6 Å². The van der Waals surface area contributed by atoms with Gasteiger partial charge in [-0.15, -0.1) is 0 Å². The van der Waals surface area contributed by atoms with Crippen molar-refractivity contribution in [3.8, 4) is 11.5 Å². The Morgan fingerprint density at radius 1 is 1.14 bits per heavy atom. The number of carbonyl (C=O) groups is 1. The molecule has 1 N–H and O–H groups in total. The van der Waals surface area contributed by atoms with E-state index >= 15 is 0 Å². The first kappa shape index (κ1) is 14.8. The minimum atomic E-state index is -1.09. The van der Waals surface area contributed by atoms with Gasteiger partial charge in [-0.3, -0.25) is 0 Å². The zero-order chi connectivity index (χ0) is 15.4. The van der Waals surface area contributed by atoms with Crippen molar-refractivity contribution in [3.05, 3.63) is 59.2 Å². The van der Waals surface area contributed by atoms with Crippen molar-refractivity contribution in [2.24, 2.45) is 0 Å². The number of hydrogen-bond donors (Lipinski definition) is 1. The quantitative estimate of drug-likeness (QED) is 0.919. The van der Waals surface area contributed by atoms with Gasteiger partial charge < -0.3 is 14.6 Å². The zero-order valence-corrected chi connectivity index (χ0v) is 11.1. The van der Waals surface area contributed by atoms with Gasteiger partial charge in [0.2, 0.25) is 0 Å². The van der Waals surface area contributed by atoms with E-state index in [1.165, 1.54) is 25.3 Å². The summed E-state index contributed by atoms with van der Waals surface area (Å²) in [5, 5.41) is 8.95. The van der Waals surface area contributed by atoms with Crippen molar-refractivity contribution in [1.29, 1.82) is 0 Å². The van der Waals surface area contributed by atoms with Crippen molar-refractivity contribution < 1.29 is 28.2 Å². The summed E-state index contributed by atoms with van der Waals surface area (Å²) in [5.74, 6) is -2.16. The fourth-order valence-corrected chi connectivity index (χ4v) is 1.80. The van der Waals surface area contributed by atoms with Crippen LogP contribution in [0.2, 0.25) is 0 Å². The van der Waals surface area contributed by atoms with E-state index in [1.54, 1.807) is 0 Å². The van der Waals surface area contributed by atoms with Crippen LogP contribution >= 0.6 is 0 Å². The molecule has 0 radical (unpaired) electrons. The maximum atomic E-state index is 13.0. The Morgan fingerprint density at radius 3 is 2.38 bits per heavy atom. The number of halogens is 2. The molecule has 21 heavy (non-hydrogen) atoms. The summed E-state index contributed by atoms with van der Waals surface area (Å²) in [6, 6.07) is 7.09. The minimum Gasteiger partial charge on any atom is -0.496 e. The van der Waals surface area contributed by atoms with Crippen LogP contribution in [0.25, 0.3) is 0 Å². The molecule has 0 saturated heterocycles. The monoisotopic (exact) mass is 294 g/mol. The van der Waals surface area contributed by atoms with Crippen molar-refractivity contribution in [2.75, 3.05) is 7.11 Å². The summed E-state index contributed by atoms with van der Waals surface area (Å²) < 4.78 is 36.5. The van der Waals surface area contributed by atoms with Gasteiger partial charge in [0, 0.05) is 23.8 Å². The molecule has 0 saturated carbocycles. The van der Waals surface area contributed by atoms with Crippen LogP contribution in [0.15, 0.2) is 36.4 Å². The first-order valence-electron chi connectivity index (χ1n) is 5.98. The molecule has 0 aliphatic heterocycles. The Hall–Kier alpha value is -2.63. The van der Waals surface area contributed by atoms with Crippen LogP contribution < -0.4 is 9.47 Å². The molecule has 0 atom stereocenters. The maximum absolute atomic E-state index is 13.0. The van der Waals surface area contributed by atoms with E-state index in [9.17, 15) is 13.6 Å². The van der Waals surface area contributed by atoms with E-state index in [0.29, 0.717) is 11.3 Å². The lowest BCUT2D eigenvalue weighted by Gasteiger charge is -2.11. The fraction of sp³-hybridized carbons (Fsp3) is 0.133. The Morgan fingerprint density at radius 2 is 1.81 bits per heavy atom. The lowest BCUT2D eigenvalue weighted by molar-refractivity contribution is 0.0696. The summed E-state index contributed by atoms with van der Waals surface area (Å²) in [7, 11) is 1.43. The van der Waals surface area contributed by atoms with Gasteiger partial charge in [-0.25, -0.2) is 13.6 Å². The lowest BCUT2D eigenvalue weighted by Crippen LogP contribution is -2.03. The van der Waals surface area contributed by atoms with Crippen LogP contribution in [-0.2, 0) is 6.61 Å².